The van der Waals surface area contributed by atoms with Crippen molar-refractivity contribution < 1.29 is 42.0 Å². The van der Waals surface area contributed by atoms with Gasteiger partial charge < -0.3 is 37.8 Å². The fourth-order valence-corrected chi connectivity index (χ4v) is 4.18. The molecule has 0 spiro atoms. The molecule has 0 aliphatic heterocycles. The van der Waals surface area contributed by atoms with Crippen molar-refractivity contribution in [1.82, 2.24) is 21.4 Å². The van der Waals surface area contributed by atoms with Gasteiger partial charge in [-0.2, -0.15) is 8.42 Å². The van der Waals surface area contributed by atoms with E-state index in [9.17, 15) is 37.5 Å². The van der Waals surface area contributed by atoms with E-state index in [1.165, 1.54) is 0 Å². The van der Waals surface area contributed by atoms with Crippen LogP contribution in [-0.4, -0.2) is 91.2 Å². The first-order valence-corrected chi connectivity index (χ1v) is 14.7. The molecule has 0 fully saturated rings. The number of carbonyl (C=O) groups is 5. The number of nitrogens with two attached hydrogens (primary N) is 3. The van der Waals surface area contributed by atoms with Crippen LogP contribution in [0, 0.1) is 0 Å². The fraction of sp³-hybridized carbons (Fsp3) is 0.542. The highest BCUT2D eigenvalue weighted by atomic mass is 32.2. The van der Waals surface area contributed by atoms with Gasteiger partial charge >= 0.3 is 5.97 Å². The Labute approximate surface area is 243 Å². The molecule has 4 amide bonds. The normalized spacial score (nSPS) is 13.3. The van der Waals surface area contributed by atoms with Gasteiger partial charge in [-0.15, -0.1) is 0 Å². The number of unbranched alkanes of at least 4 members (excludes halogenated alkanes) is 1. The number of carboxylic acids is 1. The van der Waals surface area contributed by atoms with Gasteiger partial charge in [0.05, 0.1) is 5.75 Å². The van der Waals surface area contributed by atoms with E-state index in [4.69, 9.17) is 21.9 Å². The molecular formula is C24H40N8O9S. The maximum Gasteiger partial charge on any atom is 0.326 e. The number of hydrogen-bond donors (Lipinski definition) is 10. The molecule has 0 radical (unpaired) electrons. The Bertz CT molecular complexity index is 1160. The Morgan fingerprint density at radius 2 is 1.55 bits per heavy atom. The predicted octanol–water partition coefficient (Wildman–Crippen LogP) is -2.61. The largest absolute Gasteiger partial charge is 0.480 e. The summed E-state index contributed by atoms with van der Waals surface area (Å²) in [6.07, 6.45) is -0.0788. The number of benzene rings is 1. The van der Waals surface area contributed by atoms with Gasteiger partial charge in [-0.25, -0.2) is 10.2 Å². The molecule has 0 saturated heterocycles. The van der Waals surface area contributed by atoms with Gasteiger partial charge in [-0.3, -0.25) is 29.6 Å². The molecule has 0 aliphatic carbocycles. The lowest BCUT2D eigenvalue weighted by Crippen LogP contribution is -2.53. The third-order valence-electron chi connectivity index (χ3n) is 5.96. The predicted molar refractivity (Wildman–Crippen MR) is 152 cm³/mol. The van der Waals surface area contributed by atoms with Crippen molar-refractivity contribution in [2.45, 2.75) is 56.7 Å². The standard InChI is InChI=1S/C24H40N8O9S/c25-11-13-28-16-6-4-15(5-7-16)22(35)29-12-2-1-3-17(21(26)34)30-20(33)9-8-19(24(37)38)31-23(36)18(32-27)10-14-42(39,40)41/h4-7,17-19,28,32H,1-3,8-14,25,27H2,(H2,26,34)(H,29,35)(H,30,33)(H,31,36)(H,37,38)(H,39,40,41). The number of primary amides is 1. The second kappa shape index (κ2) is 18.6. The summed E-state index contributed by atoms with van der Waals surface area (Å²) in [5.41, 5.74) is 14.2. The third-order valence-corrected chi connectivity index (χ3v) is 6.71. The Kier molecular flexibility index (Phi) is 16.0. The van der Waals surface area contributed by atoms with Crippen LogP contribution in [0.5, 0.6) is 0 Å². The summed E-state index contributed by atoms with van der Waals surface area (Å²) in [5.74, 6) is 0.250. The molecule has 0 saturated carbocycles. The van der Waals surface area contributed by atoms with Crippen LogP contribution in [0.25, 0.3) is 0 Å². The summed E-state index contributed by atoms with van der Waals surface area (Å²) in [6.45, 7) is 1.40. The quantitative estimate of drug-likeness (QED) is 0.0293. The van der Waals surface area contributed by atoms with Crippen molar-refractivity contribution >= 4 is 45.4 Å². The van der Waals surface area contributed by atoms with Gasteiger partial charge in [0.1, 0.15) is 18.1 Å². The first-order chi connectivity index (χ1) is 19.8. The van der Waals surface area contributed by atoms with Gasteiger partial charge in [-0.1, -0.05) is 0 Å². The monoisotopic (exact) mass is 616 g/mol. The molecule has 13 N–H and O–H groups in total. The highest BCUT2D eigenvalue weighted by Gasteiger charge is 2.27. The Hall–Kier alpha value is -3.84. The topological polar surface area (TPSA) is 298 Å². The summed E-state index contributed by atoms with van der Waals surface area (Å²) in [4.78, 5) is 60.3. The molecule has 3 unspecified atom stereocenters. The number of amides is 4. The van der Waals surface area contributed by atoms with Crippen molar-refractivity contribution in [3.8, 4) is 0 Å². The maximum atomic E-state index is 12.4. The summed E-state index contributed by atoms with van der Waals surface area (Å²) < 4.78 is 30.6. The van der Waals surface area contributed by atoms with E-state index in [2.05, 4.69) is 21.3 Å². The number of carbonyl (C=O) groups excluding carboxylic acids is 4. The fourth-order valence-electron chi connectivity index (χ4n) is 3.65. The highest BCUT2D eigenvalue weighted by Crippen LogP contribution is 2.09. The van der Waals surface area contributed by atoms with E-state index in [-0.39, 0.29) is 25.2 Å². The van der Waals surface area contributed by atoms with Crippen LogP contribution < -0.4 is 44.0 Å². The minimum Gasteiger partial charge on any atom is -0.480 e. The van der Waals surface area contributed by atoms with E-state index >= 15 is 0 Å². The number of carboxylic acid groups (broad SMARTS) is 1. The lowest BCUT2D eigenvalue weighted by Gasteiger charge is -2.20. The number of anilines is 1. The van der Waals surface area contributed by atoms with Gasteiger partial charge in [-0.05, 0) is 56.4 Å². The molecule has 17 nitrogen and oxygen atoms in total. The third kappa shape index (κ3) is 14.7. The van der Waals surface area contributed by atoms with E-state index in [1.54, 1.807) is 24.3 Å². The molecule has 1 aromatic rings. The molecule has 3 atom stereocenters. The van der Waals surface area contributed by atoms with Gasteiger partial charge in [0.2, 0.25) is 17.7 Å². The molecular weight excluding hydrogens is 576 g/mol. The minimum atomic E-state index is -4.38. The first kappa shape index (κ1) is 36.2. The molecule has 236 valence electrons. The van der Waals surface area contributed by atoms with Crippen LogP contribution >= 0.6 is 0 Å². The Morgan fingerprint density at radius 3 is 2.10 bits per heavy atom. The number of hydrogen-bond acceptors (Lipinski definition) is 11. The summed E-state index contributed by atoms with van der Waals surface area (Å²) >= 11 is 0. The van der Waals surface area contributed by atoms with Crippen molar-refractivity contribution in [3.05, 3.63) is 29.8 Å². The van der Waals surface area contributed by atoms with Crippen LogP contribution in [0.1, 0.15) is 48.9 Å². The van der Waals surface area contributed by atoms with Crippen molar-refractivity contribution in [3.63, 3.8) is 0 Å². The molecule has 0 aliphatic rings. The van der Waals surface area contributed by atoms with E-state index in [0.29, 0.717) is 38.0 Å². The van der Waals surface area contributed by atoms with Crippen molar-refractivity contribution in [2.24, 2.45) is 17.3 Å². The number of hydrazine groups is 1. The highest BCUT2D eigenvalue weighted by molar-refractivity contribution is 7.85. The van der Waals surface area contributed by atoms with Crippen LogP contribution in [0.15, 0.2) is 24.3 Å². The zero-order valence-electron chi connectivity index (χ0n) is 23.0. The number of nitrogens with one attached hydrogen (secondary N) is 5. The maximum absolute atomic E-state index is 12.4. The van der Waals surface area contributed by atoms with Crippen LogP contribution in [-0.2, 0) is 29.3 Å². The molecule has 1 aromatic carbocycles. The average Bonchev–Trinajstić information content (AvgIpc) is 2.92. The second-order valence-corrected chi connectivity index (χ2v) is 10.9. The average molecular weight is 617 g/mol. The molecule has 0 heterocycles. The zero-order valence-corrected chi connectivity index (χ0v) is 23.8. The lowest BCUT2D eigenvalue weighted by atomic mass is 10.1. The van der Waals surface area contributed by atoms with E-state index < -0.39 is 64.1 Å². The molecule has 18 heteroatoms. The number of aliphatic carboxylic acids is 1. The SMILES string of the molecule is NCCNc1ccc(C(=O)NCCCCC(NC(=O)CCC(NC(=O)C(CCS(=O)(=O)O)NN)C(=O)O)C(N)=O)cc1. The summed E-state index contributed by atoms with van der Waals surface area (Å²) in [7, 11) is -4.38. The molecule has 0 aromatic heterocycles. The summed E-state index contributed by atoms with van der Waals surface area (Å²) in [6, 6.07) is 2.98. The molecule has 42 heavy (non-hydrogen) atoms. The second-order valence-electron chi connectivity index (χ2n) is 9.30. The lowest BCUT2D eigenvalue weighted by molar-refractivity contribution is -0.142. The van der Waals surface area contributed by atoms with Gasteiger partial charge in [0.25, 0.3) is 16.0 Å². The Morgan fingerprint density at radius 1 is 0.881 bits per heavy atom. The molecule has 0 bridgehead atoms. The van der Waals surface area contributed by atoms with Crippen molar-refractivity contribution in [2.75, 3.05) is 30.7 Å². The molecule has 1 rings (SSSR count). The summed E-state index contributed by atoms with van der Waals surface area (Å²) in [5, 5.41) is 19.8. The van der Waals surface area contributed by atoms with Crippen LogP contribution in [0.2, 0.25) is 0 Å². The Balaban J connectivity index is 2.48. The number of rotatable bonds is 21. The van der Waals surface area contributed by atoms with Gasteiger partial charge in [0.15, 0.2) is 0 Å². The first-order valence-electron chi connectivity index (χ1n) is 13.1. The van der Waals surface area contributed by atoms with Crippen LogP contribution in [0.4, 0.5) is 5.69 Å². The van der Waals surface area contributed by atoms with Gasteiger partial charge in [0, 0.05) is 37.3 Å². The van der Waals surface area contributed by atoms with Crippen molar-refractivity contribution in [1.29, 1.82) is 0 Å². The van der Waals surface area contributed by atoms with Crippen LogP contribution in [0.3, 0.4) is 0 Å². The zero-order chi connectivity index (χ0) is 31.7. The minimum absolute atomic E-state index is 0.176. The smallest absolute Gasteiger partial charge is 0.326 e. The van der Waals surface area contributed by atoms with E-state index in [1.807, 2.05) is 5.43 Å². The van der Waals surface area contributed by atoms with E-state index in [0.717, 1.165) is 5.69 Å².